The van der Waals surface area contributed by atoms with Crippen LogP contribution in [0, 0.1) is 13.8 Å². The van der Waals surface area contributed by atoms with E-state index in [9.17, 15) is 13.2 Å². The highest BCUT2D eigenvalue weighted by Crippen LogP contribution is 2.22. The average molecular weight is 421 g/mol. The van der Waals surface area contributed by atoms with E-state index in [1.54, 1.807) is 50.2 Å². The topological polar surface area (TPSA) is 114 Å². The first-order valence-corrected chi connectivity index (χ1v) is 10.1. The van der Waals surface area contributed by atoms with Crippen molar-refractivity contribution in [1.82, 2.24) is 15.5 Å². The lowest BCUT2D eigenvalue weighted by atomic mass is 10.1. The molecule has 2 aromatic carbocycles. The number of carbonyl (C=O) groups is 1. The Labute approximate surface area is 167 Å². The molecule has 10 heteroatoms. The number of halogens is 1. The molecular weight excluding hydrogens is 404 g/mol. The van der Waals surface area contributed by atoms with Gasteiger partial charge in [0.05, 0.1) is 11.4 Å². The third kappa shape index (κ3) is 4.68. The molecule has 0 saturated heterocycles. The zero-order valence-corrected chi connectivity index (χ0v) is 16.6. The Hall–Kier alpha value is -2.91. The van der Waals surface area contributed by atoms with E-state index in [1.807, 2.05) is 0 Å². The fourth-order valence-corrected chi connectivity index (χ4v) is 3.89. The van der Waals surface area contributed by atoms with Gasteiger partial charge in [0.15, 0.2) is 5.82 Å². The summed E-state index contributed by atoms with van der Waals surface area (Å²) in [5.74, 6) is 0.259. The van der Waals surface area contributed by atoms with Crippen molar-refractivity contribution >= 4 is 33.2 Å². The van der Waals surface area contributed by atoms with Crippen molar-refractivity contribution in [3.63, 3.8) is 0 Å². The van der Waals surface area contributed by atoms with Gasteiger partial charge < -0.3 is 9.84 Å². The molecule has 8 nitrogen and oxygen atoms in total. The maximum atomic E-state index is 12.8. The smallest absolute Gasteiger partial charge is 0.262 e. The first kappa shape index (κ1) is 19.8. The van der Waals surface area contributed by atoms with Crippen LogP contribution in [0.2, 0.25) is 5.02 Å². The molecule has 1 amide bonds. The molecule has 0 aliphatic carbocycles. The van der Waals surface area contributed by atoms with Gasteiger partial charge >= 0.3 is 0 Å². The Balaban J connectivity index is 1.79. The highest BCUT2D eigenvalue weighted by atomic mass is 35.5. The number of rotatable bonds is 6. The van der Waals surface area contributed by atoms with Gasteiger partial charge in [-0.2, -0.15) is 4.98 Å². The molecule has 0 atom stereocenters. The number of aryl methyl sites for hydroxylation is 2. The lowest BCUT2D eigenvalue weighted by Gasteiger charge is -2.12. The van der Waals surface area contributed by atoms with Gasteiger partial charge in [-0.15, -0.1) is 0 Å². The molecule has 0 radical (unpaired) electrons. The van der Waals surface area contributed by atoms with Crippen LogP contribution in [0.3, 0.4) is 0 Å². The van der Waals surface area contributed by atoms with Crippen LogP contribution >= 0.6 is 11.6 Å². The number of amides is 1. The van der Waals surface area contributed by atoms with Crippen molar-refractivity contribution in [3.8, 4) is 0 Å². The van der Waals surface area contributed by atoms with Gasteiger partial charge in [0.25, 0.3) is 15.9 Å². The molecule has 0 aliphatic rings. The van der Waals surface area contributed by atoms with Crippen molar-refractivity contribution in [1.29, 1.82) is 0 Å². The van der Waals surface area contributed by atoms with E-state index in [0.29, 0.717) is 22.1 Å². The maximum Gasteiger partial charge on any atom is 0.262 e. The van der Waals surface area contributed by atoms with Crippen molar-refractivity contribution in [2.45, 2.75) is 25.3 Å². The Bertz CT molecular complexity index is 1110. The Morgan fingerprint density at radius 1 is 1.14 bits per heavy atom. The minimum atomic E-state index is -3.89. The van der Waals surface area contributed by atoms with Gasteiger partial charge in [-0.05, 0) is 55.8 Å². The third-order valence-corrected chi connectivity index (χ3v) is 5.58. The number of benzene rings is 2. The lowest BCUT2D eigenvalue weighted by Crippen LogP contribution is -2.24. The number of sulfonamides is 1. The van der Waals surface area contributed by atoms with E-state index >= 15 is 0 Å². The predicted molar refractivity (Wildman–Crippen MR) is 104 cm³/mol. The minimum Gasteiger partial charge on any atom is -0.343 e. The molecule has 2 N–H and O–H groups in total. The number of nitrogens with zero attached hydrogens (tertiary/aromatic N) is 2. The van der Waals surface area contributed by atoms with Gasteiger partial charge in [0.2, 0.25) is 5.89 Å². The molecule has 3 aromatic rings. The van der Waals surface area contributed by atoms with Crippen LogP contribution in [0.5, 0.6) is 0 Å². The van der Waals surface area contributed by atoms with Crippen molar-refractivity contribution < 1.29 is 17.7 Å². The number of carbonyl (C=O) groups excluding carboxylic acids is 1. The summed E-state index contributed by atoms with van der Waals surface area (Å²) in [6, 6.07) is 10.7. The Morgan fingerprint density at radius 3 is 2.50 bits per heavy atom. The summed E-state index contributed by atoms with van der Waals surface area (Å²) in [5, 5.41) is 6.75. The number of anilines is 1. The van der Waals surface area contributed by atoms with E-state index < -0.39 is 15.9 Å². The van der Waals surface area contributed by atoms with Gasteiger partial charge in [-0.25, -0.2) is 8.42 Å². The molecule has 0 bridgehead atoms. The van der Waals surface area contributed by atoms with Crippen LogP contribution in [0.1, 0.15) is 27.6 Å². The highest BCUT2D eigenvalue weighted by molar-refractivity contribution is 7.92. The zero-order chi connectivity index (χ0) is 20.3. The molecule has 0 unspecified atom stereocenters. The van der Waals surface area contributed by atoms with Crippen molar-refractivity contribution in [2.75, 3.05) is 4.72 Å². The molecule has 0 fully saturated rings. The fourth-order valence-electron chi connectivity index (χ4n) is 2.43. The molecule has 0 spiro atoms. The fraction of sp³-hybridized carbons (Fsp3) is 0.167. The second kappa shape index (κ2) is 7.99. The monoisotopic (exact) mass is 420 g/mol. The molecular formula is C18H17ClN4O4S. The molecule has 1 heterocycles. The average Bonchev–Trinajstić information content (AvgIpc) is 3.07. The van der Waals surface area contributed by atoms with Crippen LogP contribution in [0.15, 0.2) is 51.9 Å². The van der Waals surface area contributed by atoms with E-state index in [-0.39, 0.29) is 22.9 Å². The zero-order valence-electron chi connectivity index (χ0n) is 15.1. The molecule has 0 saturated carbocycles. The Kier molecular flexibility index (Phi) is 5.66. The molecule has 0 aliphatic heterocycles. The normalized spacial score (nSPS) is 11.2. The van der Waals surface area contributed by atoms with E-state index in [0.717, 1.165) is 0 Å². The standard InChI is InChI=1S/C18H17ClN4O4S/c1-11-3-4-13(18(24)20-10-17-21-12(2)22-27-17)9-16(11)28(25,26)23-15-7-5-14(19)6-8-15/h3-9,23H,10H2,1-2H3,(H,20,24). The van der Waals surface area contributed by atoms with Crippen molar-refractivity contribution in [2.24, 2.45) is 0 Å². The summed E-state index contributed by atoms with van der Waals surface area (Å²) in [5.41, 5.74) is 1.06. The highest BCUT2D eigenvalue weighted by Gasteiger charge is 2.19. The van der Waals surface area contributed by atoms with Gasteiger partial charge in [0, 0.05) is 16.3 Å². The summed E-state index contributed by atoms with van der Waals surface area (Å²) < 4.78 is 32.9. The van der Waals surface area contributed by atoms with E-state index in [2.05, 4.69) is 20.2 Å². The summed E-state index contributed by atoms with van der Waals surface area (Å²) in [4.78, 5) is 16.4. The van der Waals surface area contributed by atoms with Gasteiger partial charge in [-0.3, -0.25) is 9.52 Å². The second-order valence-electron chi connectivity index (χ2n) is 6.01. The van der Waals surface area contributed by atoms with Crippen molar-refractivity contribution in [3.05, 3.63) is 70.3 Å². The summed E-state index contributed by atoms with van der Waals surface area (Å²) >= 11 is 5.82. The summed E-state index contributed by atoms with van der Waals surface area (Å²) in [6.07, 6.45) is 0. The first-order valence-electron chi connectivity index (χ1n) is 8.21. The molecule has 3 rings (SSSR count). The molecule has 146 valence electrons. The largest absolute Gasteiger partial charge is 0.343 e. The minimum absolute atomic E-state index is 0.00346. The second-order valence-corrected chi connectivity index (χ2v) is 8.10. The Morgan fingerprint density at radius 2 is 1.86 bits per heavy atom. The SMILES string of the molecule is Cc1noc(CNC(=O)c2ccc(C)c(S(=O)(=O)Nc3ccc(Cl)cc3)c2)n1. The maximum absolute atomic E-state index is 12.8. The van der Waals surface area contributed by atoms with Crippen LogP contribution in [0.25, 0.3) is 0 Å². The van der Waals surface area contributed by atoms with Crippen LogP contribution in [0.4, 0.5) is 5.69 Å². The van der Waals surface area contributed by atoms with Crippen LogP contribution < -0.4 is 10.0 Å². The molecule has 1 aromatic heterocycles. The van der Waals surface area contributed by atoms with Crippen LogP contribution in [-0.2, 0) is 16.6 Å². The van der Waals surface area contributed by atoms with E-state index in [4.69, 9.17) is 16.1 Å². The predicted octanol–water partition coefficient (Wildman–Crippen LogP) is 3.07. The van der Waals surface area contributed by atoms with Gasteiger partial charge in [0.1, 0.15) is 0 Å². The third-order valence-electron chi connectivity index (χ3n) is 3.81. The van der Waals surface area contributed by atoms with Crippen LogP contribution in [-0.4, -0.2) is 24.5 Å². The summed E-state index contributed by atoms with van der Waals surface area (Å²) in [7, 11) is -3.89. The first-order chi connectivity index (χ1) is 13.2. The number of hydrogen-bond acceptors (Lipinski definition) is 6. The molecule has 28 heavy (non-hydrogen) atoms. The summed E-state index contributed by atoms with van der Waals surface area (Å²) in [6.45, 7) is 3.36. The number of hydrogen-bond donors (Lipinski definition) is 2. The van der Waals surface area contributed by atoms with Gasteiger partial charge in [-0.1, -0.05) is 22.8 Å². The number of aromatic nitrogens is 2. The quantitative estimate of drug-likeness (QED) is 0.633. The lowest BCUT2D eigenvalue weighted by molar-refractivity contribution is 0.0946. The number of nitrogens with one attached hydrogen (secondary N) is 2. The van der Waals surface area contributed by atoms with E-state index in [1.165, 1.54) is 6.07 Å².